The maximum Gasteiger partial charge on any atom is 0.407 e. The molecule has 1 N–H and O–H groups in total. The summed E-state index contributed by atoms with van der Waals surface area (Å²) in [6.45, 7) is 2.41. The van der Waals surface area contributed by atoms with Crippen LogP contribution in [-0.2, 0) is 24.0 Å². The van der Waals surface area contributed by atoms with E-state index in [0.717, 1.165) is 12.8 Å². The number of ether oxygens (including phenoxy) is 1. The summed E-state index contributed by atoms with van der Waals surface area (Å²) < 4.78 is 5.71. The van der Waals surface area contributed by atoms with Crippen LogP contribution in [0.2, 0.25) is 0 Å². The van der Waals surface area contributed by atoms with E-state index in [-0.39, 0.29) is 18.1 Å². The fourth-order valence-electron chi connectivity index (χ4n) is 5.27. The van der Waals surface area contributed by atoms with Crippen molar-refractivity contribution in [2.75, 3.05) is 6.61 Å². The molecule has 3 heteroatoms. The highest BCUT2D eigenvalue weighted by atomic mass is 16.5. The number of alkyl carbamates (subject to hydrolysis) is 1. The number of carbonyl (C=O) groups is 1. The van der Waals surface area contributed by atoms with Gasteiger partial charge in [0.2, 0.25) is 0 Å². The molecule has 5 rings (SSSR count). The molecule has 3 nitrogen and oxygen atoms in total. The van der Waals surface area contributed by atoms with Gasteiger partial charge in [-0.15, -0.1) is 0 Å². The fraction of sp³-hybridized carbons (Fsp3) is 0.321. The van der Waals surface area contributed by atoms with Crippen molar-refractivity contribution >= 4 is 6.09 Å². The summed E-state index contributed by atoms with van der Waals surface area (Å²) in [5, 5.41) is 3.05. The van der Waals surface area contributed by atoms with Crippen LogP contribution in [0.3, 0.4) is 0 Å². The van der Waals surface area contributed by atoms with Crippen LogP contribution in [0, 0.1) is 0 Å². The molecular weight excluding hydrogens is 382 g/mol. The van der Waals surface area contributed by atoms with E-state index in [1.54, 1.807) is 0 Å². The molecule has 31 heavy (non-hydrogen) atoms. The Balaban J connectivity index is 1.22. The first-order chi connectivity index (χ1) is 15.2. The average molecular weight is 412 g/mol. The van der Waals surface area contributed by atoms with Crippen molar-refractivity contribution in [3.05, 3.63) is 94.5 Å². The van der Waals surface area contributed by atoms with Gasteiger partial charge in [-0.25, -0.2) is 4.79 Å². The molecule has 0 saturated carbocycles. The zero-order valence-corrected chi connectivity index (χ0v) is 18.1. The third-order valence-corrected chi connectivity index (χ3v) is 6.73. The highest BCUT2D eigenvalue weighted by Gasteiger charge is 2.29. The van der Waals surface area contributed by atoms with Gasteiger partial charge in [0.25, 0.3) is 0 Å². The maximum atomic E-state index is 12.6. The van der Waals surface area contributed by atoms with Crippen molar-refractivity contribution < 1.29 is 9.53 Å². The van der Waals surface area contributed by atoms with E-state index in [1.165, 1.54) is 58.2 Å². The first-order valence-electron chi connectivity index (χ1n) is 11.4. The fourth-order valence-corrected chi connectivity index (χ4v) is 5.27. The molecule has 2 aliphatic carbocycles. The summed E-state index contributed by atoms with van der Waals surface area (Å²) in [4.78, 5) is 12.6. The van der Waals surface area contributed by atoms with Crippen molar-refractivity contribution in [2.24, 2.45) is 0 Å². The van der Waals surface area contributed by atoms with Gasteiger partial charge < -0.3 is 10.1 Å². The van der Waals surface area contributed by atoms with E-state index in [0.29, 0.717) is 6.61 Å². The highest BCUT2D eigenvalue weighted by Crippen LogP contribution is 2.44. The van der Waals surface area contributed by atoms with Gasteiger partial charge >= 0.3 is 6.09 Å². The standard InChI is InChI=1S/C28H29NO2/c1-19(17-21-11-8-10-20-9-2-3-12-22(20)21)29-28(30)31-18-27-25-15-6-4-13-23(25)24-14-5-7-16-26(24)27/h4-8,10-11,13-16,19,27H,2-3,9,12,17-18H2,1H3,(H,29,30). The second-order valence-corrected chi connectivity index (χ2v) is 8.84. The lowest BCUT2D eigenvalue weighted by Gasteiger charge is -2.22. The van der Waals surface area contributed by atoms with Gasteiger partial charge in [0.05, 0.1) is 0 Å². The molecule has 3 aromatic carbocycles. The SMILES string of the molecule is CC(Cc1cccc2c1CCCC2)NC(=O)OCC1c2ccccc2-c2ccccc21. The zero-order chi connectivity index (χ0) is 21.2. The van der Waals surface area contributed by atoms with E-state index in [4.69, 9.17) is 4.74 Å². The number of aryl methyl sites for hydroxylation is 1. The van der Waals surface area contributed by atoms with Crippen LogP contribution in [0.15, 0.2) is 66.7 Å². The first-order valence-corrected chi connectivity index (χ1v) is 11.4. The third-order valence-electron chi connectivity index (χ3n) is 6.73. The van der Waals surface area contributed by atoms with Crippen molar-refractivity contribution in [1.29, 1.82) is 0 Å². The van der Waals surface area contributed by atoms with Crippen LogP contribution >= 0.6 is 0 Å². The normalized spacial score (nSPS) is 15.5. The minimum absolute atomic E-state index is 0.0316. The number of hydrogen-bond donors (Lipinski definition) is 1. The highest BCUT2D eigenvalue weighted by molar-refractivity contribution is 5.79. The molecule has 1 amide bonds. The molecule has 2 aliphatic rings. The minimum atomic E-state index is -0.334. The summed E-state index contributed by atoms with van der Waals surface area (Å²) in [6, 6.07) is 23.5. The van der Waals surface area contributed by atoms with Crippen LogP contribution in [0.4, 0.5) is 4.79 Å². The van der Waals surface area contributed by atoms with Gasteiger partial charge in [-0.05, 0) is 78.0 Å². The molecule has 0 heterocycles. The molecule has 1 unspecified atom stereocenters. The van der Waals surface area contributed by atoms with Gasteiger partial charge in [-0.1, -0.05) is 66.7 Å². The van der Waals surface area contributed by atoms with Gasteiger partial charge in [0, 0.05) is 12.0 Å². The Hall–Kier alpha value is -3.07. The Labute approximate surface area is 184 Å². The molecule has 0 radical (unpaired) electrons. The predicted molar refractivity (Wildman–Crippen MR) is 124 cm³/mol. The minimum Gasteiger partial charge on any atom is -0.449 e. The summed E-state index contributed by atoms with van der Waals surface area (Å²) >= 11 is 0. The summed E-state index contributed by atoms with van der Waals surface area (Å²) in [5.74, 6) is 0.0922. The number of nitrogens with one attached hydrogen (secondary N) is 1. The maximum absolute atomic E-state index is 12.6. The first kappa shape index (κ1) is 19.9. The number of fused-ring (bicyclic) bond motifs is 4. The second-order valence-electron chi connectivity index (χ2n) is 8.84. The lowest BCUT2D eigenvalue weighted by molar-refractivity contribution is 0.139. The molecule has 1 atom stereocenters. The number of hydrogen-bond acceptors (Lipinski definition) is 2. The Morgan fingerprint density at radius 2 is 1.61 bits per heavy atom. The van der Waals surface area contributed by atoms with E-state index in [9.17, 15) is 4.79 Å². The van der Waals surface area contributed by atoms with E-state index in [2.05, 4.69) is 79.0 Å². The van der Waals surface area contributed by atoms with Crippen LogP contribution in [0.1, 0.15) is 53.5 Å². The molecule has 0 fully saturated rings. The lowest BCUT2D eigenvalue weighted by atomic mass is 9.86. The van der Waals surface area contributed by atoms with Crippen LogP contribution in [-0.4, -0.2) is 18.7 Å². The Morgan fingerprint density at radius 1 is 0.935 bits per heavy atom. The van der Waals surface area contributed by atoms with E-state index >= 15 is 0 Å². The Kier molecular flexibility index (Phi) is 5.50. The van der Waals surface area contributed by atoms with Crippen LogP contribution < -0.4 is 5.32 Å². The largest absolute Gasteiger partial charge is 0.449 e. The molecule has 0 saturated heterocycles. The predicted octanol–water partition coefficient (Wildman–Crippen LogP) is 6.04. The third kappa shape index (κ3) is 3.97. The average Bonchev–Trinajstić information content (AvgIpc) is 3.12. The molecule has 0 aromatic heterocycles. The van der Waals surface area contributed by atoms with Crippen molar-refractivity contribution in [1.82, 2.24) is 5.32 Å². The van der Waals surface area contributed by atoms with E-state index in [1.807, 2.05) is 0 Å². The second kappa shape index (κ2) is 8.58. The number of rotatable bonds is 5. The van der Waals surface area contributed by atoms with Gasteiger partial charge in [-0.2, -0.15) is 0 Å². The number of benzene rings is 3. The molecule has 0 aliphatic heterocycles. The molecule has 158 valence electrons. The molecule has 0 spiro atoms. The monoisotopic (exact) mass is 411 g/mol. The van der Waals surface area contributed by atoms with Gasteiger partial charge in [0.1, 0.15) is 6.61 Å². The van der Waals surface area contributed by atoms with Crippen LogP contribution in [0.5, 0.6) is 0 Å². The Bertz CT molecular complexity index is 1060. The topological polar surface area (TPSA) is 38.3 Å². The zero-order valence-electron chi connectivity index (χ0n) is 18.1. The summed E-state index contributed by atoms with van der Waals surface area (Å²) in [7, 11) is 0. The smallest absolute Gasteiger partial charge is 0.407 e. The van der Waals surface area contributed by atoms with Crippen LogP contribution in [0.25, 0.3) is 11.1 Å². The number of carbonyl (C=O) groups excluding carboxylic acids is 1. The quantitative estimate of drug-likeness (QED) is 0.556. The lowest BCUT2D eigenvalue weighted by Crippen LogP contribution is -2.35. The van der Waals surface area contributed by atoms with Crippen molar-refractivity contribution in [3.8, 4) is 11.1 Å². The van der Waals surface area contributed by atoms with Crippen molar-refractivity contribution in [2.45, 2.75) is 51.0 Å². The molecule has 0 bridgehead atoms. The molecule has 3 aromatic rings. The number of amides is 1. The summed E-state index contributed by atoms with van der Waals surface area (Å²) in [5.41, 5.74) is 9.31. The van der Waals surface area contributed by atoms with Gasteiger partial charge in [-0.3, -0.25) is 0 Å². The van der Waals surface area contributed by atoms with Crippen molar-refractivity contribution in [3.63, 3.8) is 0 Å². The van der Waals surface area contributed by atoms with E-state index < -0.39 is 0 Å². The Morgan fingerprint density at radius 3 is 2.35 bits per heavy atom. The van der Waals surface area contributed by atoms with Gasteiger partial charge in [0.15, 0.2) is 0 Å². The molecular formula is C28H29NO2. The summed E-state index contributed by atoms with van der Waals surface area (Å²) in [6.07, 6.45) is 5.38.